The van der Waals surface area contributed by atoms with Gasteiger partial charge in [0.1, 0.15) is 11.8 Å². The van der Waals surface area contributed by atoms with Crippen molar-refractivity contribution in [1.29, 1.82) is 5.26 Å². The highest BCUT2D eigenvalue weighted by atomic mass is 16.3. The molecule has 4 rings (SSSR count). The summed E-state index contributed by atoms with van der Waals surface area (Å²) in [7, 11) is 0. The standard InChI is InChI=1S/C29H26N4O4/c1-3-19-4-11-24(12-5-19)31-18(2)20-6-8-21(9-7-20)25-14-15-37-27(25)29(36)33-32-28(35)22-10-13-26(34)23(16-22)17-30/h4-16,18,31,34H,3H2,1-2H3,(H,32,35)(H,33,36). The minimum absolute atomic E-state index is 0.0404. The number of furan rings is 1. The van der Waals surface area contributed by atoms with Gasteiger partial charge < -0.3 is 14.8 Å². The Morgan fingerprint density at radius 3 is 2.35 bits per heavy atom. The van der Waals surface area contributed by atoms with Crippen LogP contribution in [0.4, 0.5) is 5.69 Å². The first-order chi connectivity index (χ1) is 17.9. The van der Waals surface area contributed by atoms with Crippen molar-refractivity contribution in [2.45, 2.75) is 26.3 Å². The Labute approximate surface area is 214 Å². The molecule has 0 fully saturated rings. The Morgan fingerprint density at radius 2 is 1.68 bits per heavy atom. The molecule has 8 heteroatoms. The van der Waals surface area contributed by atoms with Gasteiger partial charge in [0.2, 0.25) is 5.76 Å². The summed E-state index contributed by atoms with van der Waals surface area (Å²) in [5.41, 5.74) is 9.44. The molecule has 37 heavy (non-hydrogen) atoms. The molecule has 0 saturated heterocycles. The topological polar surface area (TPSA) is 127 Å². The molecule has 4 aromatic rings. The van der Waals surface area contributed by atoms with Gasteiger partial charge in [-0.1, -0.05) is 43.3 Å². The molecule has 1 heterocycles. The average Bonchev–Trinajstić information content (AvgIpc) is 3.42. The monoisotopic (exact) mass is 494 g/mol. The van der Waals surface area contributed by atoms with Gasteiger partial charge in [0.05, 0.1) is 11.8 Å². The molecule has 8 nitrogen and oxygen atoms in total. The lowest BCUT2D eigenvalue weighted by Gasteiger charge is -2.16. The Kier molecular flexibility index (Phi) is 7.55. The Bertz CT molecular complexity index is 1450. The van der Waals surface area contributed by atoms with Gasteiger partial charge in [-0.15, -0.1) is 0 Å². The minimum atomic E-state index is -0.645. The second-order valence-electron chi connectivity index (χ2n) is 8.45. The highest BCUT2D eigenvalue weighted by Crippen LogP contribution is 2.27. The molecule has 2 amide bonds. The number of hydrogen-bond donors (Lipinski definition) is 4. The van der Waals surface area contributed by atoms with Crippen LogP contribution in [0.1, 0.15) is 57.5 Å². The summed E-state index contributed by atoms with van der Waals surface area (Å²) < 4.78 is 5.39. The molecule has 0 saturated carbocycles. The van der Waals surface area contributed by atoms with Crippen molar-refractivity contribution in [1.82, 2.24) is 10.9 Å². The summed E-state index contributed by atoms with van der Waals surface area (Å²) in [6.45, 7) is 4.21. The molecule has 0 aliphatic heterocycles. The van der Waals surface area contributed by atoms with Crippen LogP contribution in [0.5, 0.6) is 5.75 Å². The third kappa shape index (κ3) is 5.80. The maximum Gasteiger partial charge on any atom is 0.306 e. The minimum Gasteiger partial charge on any atom is -0.507 e. The van der Waals surface area contributed by atoms with Crippen LogP contribution >= 0.6 is 0 Å². The number of anilines is 1. The molecule has 0 aliphatic rings. The predicted molar refractivity (Wildman–Crippen MR) is 140 cm³/mol. The fourth-order valence-electron chi connectivity index (χ4n) is 3.84. The lowest BCUT2D eigenvalue weighted by atomic mass is 10.0. The van der Waals surface area contributed by atoms with E-state index in [0.29, 0.717) is 5.56 Å². The van der Waals surface area contributed by atoms with Crippen LogP contribution in [0.25, 0.3) is 11.1 Å². The number of benzene rings is 3. The summed E-state index contributed by atoms with van der Waals surface area (Å²) >= 11 is 0. The van der Waals surface area contributed by atoms with Gasteiger partial charge in [0.25, 0.3) is 5.91 Å². The number of phenolic OH excluding ortho intramolecular Hbond substituents is 1. The van der Waals surface area contributed by atoms with Crippen LogP contribution < -0.4 is 16.2 Å². The second-order valence-corrected chi connectivity index (χ2v) is 8.45. The zero-order chi connectivity index (χ0) is 26.4. The van der Waals surface area contributed by atoms with Crippen LogP contribution in [0.2, 0.25) is 0 Å². The molecule has 0 radical (unpaired) electrons. The van der Waals surface area contributed by atoms with E-state index in [-0.39, 0.29) is 28.7 Å². The van der Waals surface area contributed by atoms with E-state index in [0.717, 1.165) is 23.2 Å². The normalized spacial score (nSPS) is 11.3. The third-order valence-electron chi connectivity index (χ3n) is 6.01. The predicted octanol–water partition coefficient (Wildman–Crippen LogP) is 5.33. The van der Waals surface area contributed by atoms with Crippen molar-refractivity contribution < 1.29 is 19.1 Å². The van der Waals surface area contributed by atoms with E-state index in [1.165, 1.54) is 30.0 Å². The van der Waals surface area contributed by atoms with E-state index >= 15 is 0 Å². The SMILES string of the molecule is CCc1ccc(NC(C)c2ccc(-c3ccoc3C(=O)NNC(=O)c3ccc(O)c(C#N)c3)cc2)cc1. The lowest BCUT2D eigenvalue weighted by Crippen LogP contribution is -2.41. The zero-order valence-corrected chi connectivity index (χ0v) is 20.4. The fraction of sp³-hybridized carbons (Fsp3) is 0.138. The molecule has 1 atom stereocenters. The van der Waals surface area contributed by atoms with Crippen molar-refractivity contribution in [2.75, 3.05) is 5.32 Å². The molecule has 4 N–H and O–H groups in total. The number of nitrogens with zero attached hydrogens (tertiary/aromatic N) is 1. The summed E-state index contributed by atoms with van der Waals surface area (Å²) in [4.78, 5) is 25.1. The molecule has 186 valence electrons. The first kappa shape index (κ1) is 25.1. The molecule has 0 spiro atoms. The van der Waals surface area contributed by atoms with Crippen LogP contribution in [0, 0.1) is 11.3 Å². The van der Waals surface area contributed by atoms with Crippen LogP contribution in [-0.2, 0) is 6.42 Å². The Balaban J connectivity index is 1.40. The van der Waals surface area contributed by atoms with E-state index < -0.39 is 11.8 Å². The van der Waals surface area contributed by atoms with E-state index in [1.807, 2.05) is 24.3 Å². The number of aryl methyl sites for hydroxylation is 1. The van der Waals surface area contributed by atoms with Crippen LogP contribution in [0.15, 0.2) is 83.5 Å². The van der Waals surface area contributed by atoms with Crippen molar-refractivity contribution in [3.05, 3.63) is 107 Å². The fourth-order valence-corrected chi connectivity index (χ4v) is 3.84. The maximum atomic E-state index is 12.7. The molecule has 0 aliphatic carbocycles. The van der Waals surface area contributed by atoms with E-state index in [9.17, 15) is 14.7 Å². The number of phenols is 1. The quantitative estimate of drug-likeness (QED) is 0.257. The van der Waals surface area contributed by atoms with Gasteiger partial charge in [-0.2, -0.15) is 5.26 Å². The summed E-state index contributed by atoms with van der Waals surface area (Å²) in [6.07, 6.45) is 2.41. The number of hydrazine groups is 1. The lowest BCUT2D eigenvalue weighted by molar-refractivity contribution is 0.0831. The summed E-state index contributed by atoms with van der Waals surface area (Å²) in [5.74, 6) is -1.47. The van der Waals surface area contributed by atoms with Gasteiger partial charge in [-0.25, -0.2) is 0 Å². The first-order valence-electron chi connectivity index (χ1n) is 11.8. The summed E-state index contributed by atoms with van der Waals surface area (Å²) in [5, 5.41) is 22.1. The number of carbonyl (C=O) groups is 2. The van der Waals surface area contributed by atoms with Crippen molar-refractivity contribution in [2.24, 2.45) is 0 Å². The van der Waals surface area contributed by atoms with E-state index in [4.69, 9.17) is 9.68 Å². The second kappa shape index (κ2) is 11.1. The van der Waals surface area contributed by atoms with Gasteiger partial charge in [-0.05, 0) is 66.4 Å². The maximum absolute atomic E-state index is 12.7. The highest BCUT2D eigenvalue weighted by molar-refractivity contribution is 6.01. The van der Waals surface area contributed by atoms with Gasteiger partial charge >= 0.3 is 5.91 Å². The van der Waals surface area contributed by atoms with E-state index in [1.54, 1.807) is 12.1 Å². The smallest absolute Gasteiger partial charge is 0.306 e. The van der Waals surface area contributed by atoms with Gasteiger partial charge in [0.15, 0.2) is 0 Å². The number of rotatable bonds is 7. The van der Waals surface area contributed by atoms with Crippen LogP contribution in [-0.4, -0.2) is 16.9 Å². The third-order valence-corrected chi connectivity index (χ3v) is 6.01. The number of nitrogens with one attached hydrogen (secondary N) is 3. The molecule has 1 unspecified atom stereocenters. The number of amides is 2. The Morgan fingerprint density at radius 1 is 0.973 bits per heavy atom. The highest BCUT2D eigenvalue weighted by Gasteiger charge is 2.18. The van der Waals surface area contributed by atoms with Crippen molar-refractivity contribution in [3.8, 4) is 22.9 Å². The molecular weight excluding hydrogens is 468 g/mol. The number of nitriles is 1. The largest absolute Gasteiger partial charge is 0.507 e. The molecule has 0 bridgehead atoms. The average molecular weight is 495 g/mol. The number of aromatic hydroxyl groups is 1. The van der Waals surface area contributed by atoms with Crippen molar-refractivity contribution in [3.63, 3.8) is 0 Å². The number of hydrogen-bond acceptors (Lipinski definition) is 6. The first-order valence-corrected chi connectivity index (χ1v) is 11.8. The van der Waals surface area contributed by atoms with E-state index in [2.05, 4.69) is 54.3 Å². The Hall–Kier alpha value is -5.03. The van der Waals surface area contributed by atoms with Gasteiger partial charge in [-0.3, -0.25) is 20.4 Å². The van der Waals surface area contributed by atoms with Crippen molar-refractivity contribution >= 4 is 17.5 Å². The molecular formula is C29H26N4O4. The van der Waals surface area contributed by atoms with Crippen LogP contribution in [0.3, 0.4) is 0 Å². The molecule has 1 aromatic heterocycles. The zero-order valence-electron chi connectivity index (χ0n) is 20.4. The summed E-state index contributed by atoms with van der Waals surface area (Å²) in [6, 6.07) is 23.5. The van der Waals surface area contributed by atoms with Gasteiger partial charge in [0, 0.05) is 22.9 Å². The number of carbonyl (C=O) groups excluding carboxylic acids is 2. The molecule has 3 aromatic carbocycles.